The van der Waals surface area contributed by atoms with Gasteiger partial charge >= 0.3 is 0 Å². The van der Waals surface area contributed by atoms with Crippen LogP contribution in [-0.2, 0) is 10.0 Å². The average molecular weight is 525 g/mol. The number of nitrogens with zero attached hydrogens (tertiary/aromatic N) is 4. The summed E-state index contributed by atoms with van der Waals surface area (Å²) in [7, 11) is -4.26. The van der Waals surface area contributed by atoms with Gasteiger partial charge in [-0.15, -0.1) is 0 Å². The Kier molecular flexibility index (Phi) is 7.09. The van der Waals surface area contributed by atoms with Crippen molar-refractivity contribution < 1.29 is 17.9 Å². The van der Waals surface area contributed by atoms with Crippen molar-refractivity contribution in [2.45, 2.75) is 51.6 Å². The normalized spacial score (nSPS) is 17.0. The summed E-state index contributed by atoms with van der Waals surface area (Å²) in [5.41, 5.74) is 7.56. The molecule has 0 saturated carbocycles. The molecule has 1 fully saturated rings. The van der Waals surface area contributed by atoms with E-state index < -0.39 is 15.9 Å². The Morgan fingerprint density at radius 2 is 1.92 bits per heavy atom. The molecule has 3 N–H and O–H groups in total. The molecule has 1 amide bonds. The molecule has 196 valence electrons. The number of carbonyl (C=O) groups is 1. The molecule has 11 heteroatoms. The summed E-state index contributed by atoms with van der Waals surface area (Å²) in [6, 6.07) is 11.2. The molecule has 3 aromatic heterocycles. The third-order valence-electron chi connectivity index (χ3n) is 6.81. The lowest BCUT2D eigenvalue weighted by atomic mass is 9.90. The number of pyridine rings is 3. The van der Waals surface area contributed by atoms with Crippen LogP contribution in [0.5, 0.6) is 5.88 Å². The van der Waals surface area contributed by atoms with Gasteiger partial charge in [-0.25, -0.2) is 19.7 Å². The number of nitrogens with one attached hydrogen (secondary N) is 1. The van der Waals surface area contributed by atoms with Crippen molar-refractivity contribution >= 4 is 27.6 Å². The van der Waals surface area contributed by atoms with Crippen LogP contribution in [0.15, 0.2) is 47.5 Å². The van der Waals surface area contributed by atoms with E-state index in [0.717, 1.165) is 12.0 Å². The SMILES string of the molecule is CCOc1cc(C)cc(-c2ccc(C(=O)NS(=O)(=O)c3cccc(N)n3)c(N3CCC(C)C3(C)C)n2)n1. The number of aryl methyl sites for hydroxylation is 1. The molecule has 1 aliphatic rings. The Morgan fingerprint density at radius 1 is 1.16 bits per heavy atom. The van der Waals surface area contributed by atoms with Gasteiger partial charge in [-0.2, -0.15) is 8.42 Å². The minimum Gasteiger partial charge on any atom is -0.478 e. The highest BCUT2D eigenvalue weighted by Crippen LogP contribution is 2.39. The first kappa shape index (κ1) is 26.3. The standard InChI is InChI=1S/C26H32N6O4S/c1-6-36-22-15-16(2)14-20(28-22)19-11-10-18(24(29-19)32-13-12-17(3)26(32,4)5)25(33)31-37(34,35)23-9-7-8-21(27)30-23/h7-11,14-15,17H,6,12-13H2,1-5H3,(H2,27,30)(H,31,33). The molecule has 1 unspecified atom stereocenters. The van der Waals surface area contributed by atoms with Crippen LogP contribution in [-0.4, -0.2) is 48.0 Å². The number of carbonyl (C=O) groups excluding carboxylic acids is 1. The van der Waals surface area contributed by atoms with Crippen molar-refractivity contribution in [1.29, 1.82) is 0 Å². The Hall–Kier alpha value is -3.73. The van der Waals surface area contributed by atoms with Crippen LogP contribution in [0.25, 0.3) is 11.4 Å². The Bertz CT molecular complexity index is 1440. The van der Waals surface area contributed by atoms with Gasteiger partial charge in [-0.3, -0.25) is 4.79 Å². The average Bonchev–Trinajstić information content (AvgIpc) is 3.10. The molecular weight excluding hydrogens is 492 g/mol. The monoisotopic (exact) mass is 524 g/mol. The second-order valence-corrected chi connectivity index (χ2v) is 11.3. The van der Waals surface area contributed by atoms with Crippen LogP contribution in [0.4, 0.5) is 11.6 Å². The first-order valence-electron chi connectivity index (χ1n) is 12.1. The lowest BCUT2D eigenvalue weighted by Gasteiger charge is -2.36. The maximum atomic E-state index is 13.4. The fourth-order valence-electron chi connectivity index (χ4n) is 4.38. The third-order valence-corrected chi connectivity index (χ3v) is 8.04. The molecular formula is C26H32N6O4S. The number of nitrogen functional groups attached to an aromatic ring is 1. The van der Waals surface area contributed by atoms with E-state index in [1.165, 1.54) is 18.2 Å². The first-order valence-corrected chi connectivity index (χ1v) is 13.6. The van der Waals surface area contributed by atoms with Gasteiger partial charge in [0.05, 0.1) is 23.6 Å². The van der Waals surface area contributed by atoms with Crippen molar-refractivity contribution in [3.05, 3.63) is 53.6 Å². The largest absolute Gasteiger partial charge is 0.478 e. The van der Waals surface area contributed by atoms with Crippen LogP contribution in [0.1, 0.15) is 50.0 Å². The van der Waals surface area contributed by atoms with Gasteiger partial charge in [0, 0.05) is 18.2 Å². The summed E-state index contributed by atoms with van der Waals surface area (Å²) in [5.74, 6) is 0.434. The number of hydrogen-bond donors (Lipinski definition) is 2. The highest BCUT2D eigenvalue weighted by Gasteiger charge is 2.41. The number of aromatic nitrogens is 3. The summed E-state index contributed by atoms with van der Waals surface area (Å²) in [5, 5.41) is -0.338. The lowest BCUT2D eigenvalue weighted by molar-refractivity contribution is 0.0981. The molecule has 0 bridgehead atoms. The van der Waals surface area contributed by atoms with Crippen molar-refractivity contribution in [2.75, 3.05) is 23.8 Å². The molecule has 1 aliphatic heterocycles. The van der Waals surface area contributed by atoms with Gasteiger partial charge in [0.1, 0.15) is 11.6 Å². The van der Waals surface area contributed by atoms with Gasteiger partial charge in [0.25, 0.3) is 15.9 Å². The summed E-state index contributed by atoms with van der Waals surface area (Å²) < 4.78 is 33.5. The zero-order valence-corrected chi connectivity index (χ0v) is 22.5. The first-order chi connectivity index (χ1) is 17.4. The van der Waals surface area contributed by atoms with Crippen LogP contribution in [0.3, 0.4) is 0 Å². The van der Waals surface area contributed by atoms with Crippen LogP contribution in [0, 0.1) is 12.8 Å². The van der Waals surface area contributed by atoms with E-state index in [-0.39, 0.29) is 21.9 Å². The van der Waals surface area contributed by atoms with Crippen molar-refractivity contribution in [2.24, 2.45) is 5.92 Å². The number of ether oxygens (including phenoxy) is 1. The summed E-state index contributed by atoms with van der Waals surface area (Å²) in [6.45, 7) is 11.3. The van der Waals surface area contributed by atoms with Crippen molar-refractivity contribution in [1.82, 2.24) is 19.7 Å². The molecule has 4 rings (SSSR count). The van der Waals surface area contributed by atoms with Crippen LogP contribution < -0.4 is 20.1 Å². The zero-order valence-electron chi connectivity index (χ0n) is 21.6. The smallest absolute Gasteiger partial charge is 0.281 e. The predicted molar refractivity (Wildman–Crippen MR) is 142 cm³/mol. The molecule has 37 heavy (non-hydrogen) atoms. The fraction of sp³-hybridized carbons (Fsp3) is 0.385. The van der Waals surface area contributed by atoms with E-state index in [4.69, 9.17) is 15.5 Å². The minimum absolute atomic E-state index is 0.0342. The molecule has 10 nitrogen and oxygen atoms in total. The maximum absolute atomic E-state index is 13.4. The minimum atomic E-state index is -4.26. The summed E-state index contributed by atoms with van der Waals surface area (Å²) >= 11 is 0. The molecule has 0 radical (unpaired) electrons. The maximum Gasteiger partial charge on any atom is 0.281 e. The number of anilines is 2. The Labute approximate surface area is 217 Å². The van der Waals surface area contributed by atoms with Gasteiger partial charge in [0.2, 0.25) is 5.88 Å². The van der Waals surface area contributed by atoms with E-state index >= 15 is 0 Å². The molecule has 0 spiro atoms. The van der Waals surface area contributed by atoms with Gasteiger partial charge < -0.3 is 15.4 Å². The molecule has 4 heterocycles. The van der Waals surface area contributed by atoms with Crippen LogP contribution in [0.2, 0.25) is 0 Å². The van der Waals surface area contributed by atoms with E-state index in [1.807, 2.05) is 26.0 Å². The van der Waals surface area contributed by atoms with Crippen molar-refractivity contribution in [3.8, 4) is 17.3 Å². The number of hydrogen-bond acceptors (Lipinski definition) is 9. The summed E-state index contributed by atoms with van der Waals surface area (Å²) in [4.78, 5) is 28.7. The van der Waals surface area contributed by atoms with E-state index in [0.29, 0.717) is 42.2 Å². The second-order valence-electron chi connectivity index (χ2n) is 9.70. The highest BCUT2D eigenvalue weighted by molar-refractivity contribution is 7.90. The molecule has 0 aliphatic carbocycles. The second kappa shape index (κ2) is 9.97. The molecule has 3 aromatic rings. The Morgan fingerprint density at radius 3 is 2.57 bits per heavy atom. The quantitative estimate of drug-likeness (QED) is 0.474. The number of rotatable bonds is 7. The fourth-order valence-corrected chi connectivity index (χ4v) is 5.32. The van der Waals surface area contributed by atoms with Gasteiger partial charge in [0.15, 0.2) is 5.03 Å². The lowest BCUT2D eigenvalue weighted by Crippen LogP contribution is -2.43. The predicted octanol–water partition coefficient (Wildman–Crippen LogP) is 3.57. The molecule has 1 saturated heterocycles. The number of nitrogens with two attached hydrogens (primary N) is 1. The number of sulfonamides is 1. The molecule has 1 atom stereocenters. The molecule has 0 aromatic carbocycles. The van der Waals surface area contributed by atoms with Gasteiger partial charge in [-0.1, -0.05) is 13.0 Å². The van der Waals surface area contributed by atoms with E-state index in [2.05, 4.69) is 40.4 Å². The third kappa shape index (κ3) is 5.36. The van der Waals surface area contributed by atoms with E-state index in [9.17, 15) is 13.2 Å². The van der Waals surface area contributed by atoms with Gasteiger partial charge in [-0.05, 0) is 75.9 Å². The number of amides is 1. The topological polar surface area (TPSA) is 140 Å². The van der Waals surface area contributed by atoms with E-state index in [1.54, 1.807) is 12.1 Å². The zero-order chi connectivity index (χ0) is 27.0. The van der Waals surface area contributed by atoms with Crippen molar-refractivity contribution in [3.63, 3.8) is 0 Å². The highest BCUT2D eigenvalue weighted by atomic mass is 32.2. The summed E-state index contributed by atoms with van der Waals surface area (Å²) in [6.07, 6.45) is 0.905. The Balaban J connectivity index is 1.79. The van der Waals surface area contributed by atoms with Crippen LogP contribution >= 0.6 is 0 Å².